The molecule has 4 heteroatoms. The van der Waals surface area contributed by atoms with E-state index >= 15 is 0 Å². The summed E-state index contributed by atoms with van der Waals surface area (Å²) in [7, 11) is 0. The summed E-state index contributed by atoms with van der Waals surface area (Å²) in [5.74, 6) is 0.951. The summed E-state index contributed by atoms with van der Waals surface area (Å²) in [6.45, 7) is 6.84. The first-order chi connectivity index (χ1) is 10.4. The molecule has 2 aliphatic rings. The highest BCUT2D eigenvalue weighted by Crippen LogP contribution is 2.27. The smallest absolute Gasteiger partial charge is 0.407 e. The Morgan fingerprint density at radius 1 is 1.05 bits per heavy atom. The lowest BCUT2D eigenvalue weighted by atomic mass is 9.91. The van der Waals surface area contributed by atoms with E-state index in [4.69, 9.17) is 4.74 Å². The van der Waals surface area contributed by atoms with Crippen molar-refractivity contribution in [3.05, 3.63) is 0 Å². The fraction of sp³-hybridized carbons (Fsp3) is 0.944. The van der Waals surface area contributed by atoms with E-state index in [0.29, 0.717) is 6.04 Å². The molecular formula is C18H34N2O2. The van der Waals surface area contributed by atoms with Crippen LogP contribution in [0.5, 0.6) is 0 Å². The topological polar surface area (TPSA) is 50.4 Å². The Morgan fingerprint density at radius 2 is 1.73 bits per heavy atom. The van der Waals surface area contributed by atoms with Crippen LogP contribution in [0.25, 0.3) is 0 Å². The Hall–Kier alpha value is -0.770. The minimum atomic E-state index is -0.419. The van der Waals surface area contributed by atoms with E-state index in [1.807, 2.05) is 20.8 Å². The standard InChI is InChI=1S/C18H34N2O2/c1-18(2,3)22-17(21)20-16-10-6-9-15(13-16)19-12-11-14-7-4-5-8-14/h14-16,19H,4-13H2,1-3H3,(H,20,21). The van der Waals surface area contributed by atoms with Gasteiger partial charge in [0.2, 0.25) is 0 Å². The van der Waals surface area contributed by atoms with Crippen LogP contribution in [-0.4, -0.2) is 30.3 Å². The van der Waals surface area contributed by atoms with Gasteiger partial charge in [-0.1, -0.05) is 25.7 Å². The molecule has 0 aromatic rings. The van der Waals surface area contributed by atoms with Crippen LogP contribution >= 0.6 is 0 Å². The summed E-state index contributed by atoms with van der Waals surface area (Å²) in [6.07, 6.45) is 11.3. The predicted molar refractivity (Wildman–Crippen MR) is 90.0 cm³/mol. The Labute approximate surface area is 135 Å². The van der Waals surface area contributed by atoms with Gasteiger partial charge in [-0.15, -0.1) is 0 Å². The first kappa shape index (κ1) is 17.6. The lowest BCUT2D eigenvalue weighted by molar-refractivity contribution is 0.0488. The largest absolute Gasteiger partial charge is 0.444 e. The molecule has 1 amide bonds. The number of alkyl carbamates (subject to hydrolysis) is 1. The summed E-state index contributed by atoms with van der Waals surface area (Å²) in [5, 5.41) is 6.74. The molecule has 22 heavy (non-hydrogen) atoms. The molecule has 2 saturated carbocycles. The van der Waals surface area contributed by atoms with E-state index in [2.05, 4.69) is 10.6 Å². The molecule has 0 aromatic heterocycles. The number of amides is 1. The molecule has 0 heterocycles. The first-order valence-corrected chi connectivity index (χ1v) is 9.15. The zero-order chi connectivity index (χ0) is 16.0. The van der Waals surface area contributed by atoms with Gasteiger partial charge in [0.25, 0.3) is 0 Å². The van der Waals surface area contributed by atoms with Crippen molar-refractivity contribution in [3.63, 3.8) is 0 Å². The van der Waals surface area contributed by atoms with Gasteiger partial charge in [-0.2, -0.15) is 0 Å². The van der Waals surface area contributed by atoms with Gasteiger partial charge in [-0.25, -0.2) is 4.79 Å². The minimum absolute atomic E-state index is 0.257. The molecule has 0 bridgehead atoms. The zero-order valence-corrected chi connectivity index (χ0v) is 14.6. The number of ether oxygens (including phenoxy) is 1. The summed E-state index contributed by atoms with van der Waals surface area (Å²) in [5.41, 5.74) is -0.419. The fourth-order valence-electron chi connectivity index (χ4n) is 3.77. The van der Waals surface area contributed by atoms with Crippen molar-refractivity contribution in [1.82, 2.24) is 10.6 Å². The highest BCUT2D eigenvalue weighted by Gasteiger charge is 2.25. The first-order valence-electron chi connectivity index (χ1n) is 9.15. The van der Waals surface area contributed by atoms with E-state index < -0.39 is 5.60 Å². The van der Waals surface area contributed by atoms with Gasteiger partial charge in [-0.3, -0.25) is 0 Å². The number of hydrogen-bond acceptors (Lipinski definition) is 3. The number of nitrogens with one attached hydrogen (secondary N) is 2. The third-order valence-electron chi connectivity index (χ3n) is 4.86. The molecule has 0 aromatic carbocycles. The molecule has 0 saturated heterocycles. The van der Waals surface area contributed by atoms with Gasteiger partial charge in [-0.05, 0) is 65.3 Å². The Balaban J connectivity index is 1.64. The van der Waals surface area contributed by atoms with Crippen molar-refractivity contribution < 1.29 is 9.53 Å². The van der Waals surface area contributed by atoms with Crippen LogP contribution in [0.3, 0.4) is 0 Å². The van der Waals surface area contributed by atoms with Gasteiger partial charge < -0.3 is 15.4 Å². The maximum Gasteiger partial charge on any atom is 0.407 e. The van der Waals surface area contributed by atoms with Crippen LogP contribution < -0.4 is 10.6 Å². The van der Waals surface area contributed by atoms with Crippen molar-refractivity contribution in [3.8, 4) is 0 Å². The van der Waals surface area contributed by atoms with Crippen molar-refractivity contribution in [2.75, 3.05) is 6.54 Å². The second kappa shape index (κ2) is 8.19. The maximum absolute atomic E-state index is 11.9. The lowest BCUT2D eigenvalue weighted by Gasteiger charge is -2.31. The summed E-state index contributed by atoms with van der Waals surface area (Å²) >= 11 is 0. The second-order valence-electron chi connectivity index (χ2n) is 8.10. The Morgan fingerprint density at radius 3 is 2.41 bits per heavy atom. The number of carbonyl (C=O) groups excluding carboxylic acids is 1. The van der Waals surface area contributed by atoms with Gasteiger partial charge in [0, 0.05) is 12.1 Å². The third-order valence-corrected chi connectivity index (χ3v) is 4.86. The average Bonchev–Trinajstić information content (AvgIpc) is 2.90. The molecule has 2 atom stereocenters. The molecule has 4 nitrogen and oxygen atoms in total. The Kier molecular flexibility index (Phi) is 6.54. The average molecular weight is 310 g/mol. The normalized spacial score (nSPS) is 26.9. The molecule has 2 N–H and O–H groups in total. The molecular weight excluding hydrogens is 276 g/mol. The summed E-state index contributed by atoms with van der Waals surface area (Å²) in [4.78, 5) is 11.9. The van der Waals surface area contributed by atoms with Crippen LogP contribution in [0, 0.1) is 5.92 Å². The highest BCUT2D eigenvalue weighted by molar-refractivity contribution is 5.68. The lowest BCUT2D eigenvalue weighted by Crippen LogP contribution is -2.45. The molecule has 2 aliphatic carbocycles. The Bertz CT molecular complexity index is 345. The third kappa shape index (κ3) is 6.55. The van der Waals surface area contributed by atoms with Crippen LogP contribution in [0.2, 0.25) is 0 Å². The monoisotopic (exact) mass is 310 g/mol. The molecule has 0 spiro atoms. The summed E-state index contributed by atoms with van der Waals surface area (Å²) in [6, 6.07) is 0.808. The van der Waals surface area contributed by atoms with E-state index in [9.17, 15) is 4.79 Å². The number of rotatable bonds is 5. The SMILES string of the molecule is CC(C)(C)OC(=O)NC1CCCC(NCCC2CCCC2)C1. The predicted octanol–water partition coefficient (Wildman–Crippen LogP) is 3.99. The van der Waals surface area contributed by atoms with E-state index in [0.717, 1.165) is 25.3 Å². The summed E-state index contributed by atoms with van der Waals surface area (Å²) < 4.78 is 5.35. The van der Waals surface area contributed by atoms with Crippen LogP contribution in [0.1, 0.15) is 78.6 Å². The number of carbonyl (C=O) groups is 1. The fourth-order valence-corrected chi connectivity index (χ4v) is 3.77. The molecule has 2 fully saturated rings. The van der Waals surface area contributed by atoms with Gasteiger partial charge in [0.1, 0.15) is 5.60 Å². The van der Waals surface area contributed by atoms with Crippen molar-refractivity contribution >= 4 is 6.09 Å². The quantitative estimate of drug-likeness (QED) is 0.807. The second-order valence-corrected chi connectivity index (χ2v) is 8.10. The van der Waals surface area contributed by atoms with E-state index in [-0.39, 0.29) is 12.1 Å². The van der Waals surface area contributed by atoms with E-state index in [1.54, 1.807) is 0 Å². The molecule has 2 rings (SSSR count). The molecule has 2 unspecified atom stereocenters. The highest BCUT2D eigenvalue weighted by atomic mass is 16.6. The zero-order valence-electron chi connectivity index (χ0n) is 14.6. The molecule has 0 aliphatic heterocycles. The van der Waals surface area contributed by atoms with Crippen LogP contribution in [0.4, 0.5) is 4.79 Å². The molecule has 128 valence electrons. The van der Waals surface area contributed by atoms with Gasteiger partial charge in [0.05, 0.1) is 0 Å². The molecule has 0 radical (unpaired) electrons. The van der Waals surface area contributed by atoms with Crippen molar-refractivity contribution in [2.24, 2.45) is 5.92 Å². The van der Waals surface area contributed by atoms with Crippen molar-refractivity contribution in [1.29, 1.82) is 0 Å². The van der Waals surface area contributed by atoms with Crippen molar-refractivity contribution in [2.45, 2.75) is 96.2 Å². The minimum Gasteiger partial charge on any atom is -0.444 e. The van der Waals surface area contributed by atoms with Crippen LogP contribution in [0.15, 0.2) is 0 Å². The van der Waals surface area contributed by atoms with Gasteiger partial charge in [0.15, 0.2) is 0 Å². The maximum atomic E-state index is 11.9. The van der Waals surface area contributed by atoms with Crippen LogP contribution in [-0.2, 0) is 4.74 Å². The van der Waals surface area contributed by atoms with E-state index in [1.165, 1.54) is 44.9 Å². The van der Waals surface area contributed by atoms with Gasteiger partial charge >= 0.3 is 6.09 Å². The number of hydrogen-bond donors (Lipinski definition) is 2.